The summed E-state index contributed by atoms with van der Waals surface area (Å²) in [6, 6.07) is 0. The highest BCUT2D eigenvalue weighted by Crippen LogP contribution is 2.12. The average Bonchev–Trinajstić information content (AvgIpc) is 1.68. The SMILES string of the molecule is BrC=C(Br)CCBr. The number of hydrogen-bond donors (Lipinski definition) is 0. The van der Waals surface area contributed by atoms with E-state index in [-0.39, 0.29) is 0 Å². The van der Waals surface area contributed by atoms with Gasteiger partial charge in [0.1, 0.15) is 0 Å². The largest absolute Gasteiger partial charge is 0.0924 e. The molecule has 0 rings (SSSR count). The highest BCUT2D eigenvalue weighted by molar-refractivity contribution is 9.14. The molecule has 0 saturated heterocycles. The van der Waals surface area contributed by atoms with Crippen molar-refractivity contribution in [1.82, 2.24) is 0 Å². The second kappa shape index (κ2) is 5.32. The first-order valence-electron chi connectivity index (χ1n) is 1.82. The van der Waals surface area contributed by atoms with E-state index in [0.717, 1.165) is 11.8 Å². The normalized spacial score (nSPS) is 12.1. The van der Waals surface area contributed by atoms with E-state index < -0.39 is 0 Å². The maximum atomic E-state index is 3.32. The molecule has 0 atom stereocenters. The van der Waals surface area contributed by atoms with Crippen molar-refractivity contribution in [2.24, 2.45) is 0 Å². The Bertz CT molecular complexity index is 67.3. The first-order valence-corrected chi connectivity index (χ1v) is 4.65. The predicted octanol–water partition coefficient (Wildman–Crippen LogP) is 3.40. The third-order valence-corrected chi connectivity index (χ3v) is 2.64. The molecule has 0 radical (unpaired) electrons. The van der Waals surface area contributed by atoms with Gasteiger partial charge < -0.3 is 0 Å². The van der Waals surface area contributed by atoms with Crippen LogP contribution >= 0.6 is 47.8 Å². The molecule has 0 N–H and O–H groups in total. The number of hydrogen-bond acceptors (Lipinski definition) is 0. The van der Waals surface area contributed by atoms with Crippen LogP contribution in [0.1, 0.15) is 6.42 Å². The summed E-state index contributed by atoms with van der Waals surface area (Å²) in [6.07, 6.45) is 1.05. The van der Waals surface area contributed by atoms with Crippen LogP contribution in [0.5, 0.6) is 0 Å². The van der Waals surface area contributed by atoms with Gasteiger partial charge in [-0.1, -0.05) is 47.8 Å². The van der Waals surface area contributed by atoms with E-state index in [1.165, 1.54) is 4.48 Å². The highest BCUT2D eigenvalue weighted by atomic mass is 79.9. The Balaban J connectivity index is 3.17. The van der Waals surface area contributed by atoms with Gasteiger partial charge in [0.2, 0.25) is 0 Å². The van der Waals surface area contributed by atoms with Gasteiger partial charge in [-0.2, -0.15) is 0 Å². The van der Waals surface area contributed by atoms with Crippen molar-refractivity contribution < 1.29 is 0 Å². The minimum atomic E-state index is 1.01. The zero-order chi connectivity index (χ0) is 5.70. The molecule has 0 spiro atoms. The van der Waals surface area contributed by atoms with Gasteiger partial charge in [-0.15, -0.1) is 0 Å². The van der Waals surface area contributed by atoms with Crippen molar-refractivity contribution in [2.45, 2.75) is 6.42 Å². The van der Waals surface area contributed by atoms with E-state index in [4.69, 9.17) is 0 Å². The molecule has 0 saturated carbocycles. The quantitative estimate of drug-likeness (QED) is 0.684. The van der Waals surface area contributed by atoms with Crippen molar-refractivity contribution in [2.75, 3.05) is 5.33 Å². The third-order valence-electron chi connectivity index (χ3n) is 0.452. The molecule has 0 aliphatic heterocycles. The Morgan fingerprint density at radius 2 is 2.14 bits per heavy atom. The standard InChI is InChI=1S/C4H5Br3/c5-2-1-4(7)3-6/h3H,1-2H2. The zero-order valence-electron chi connectivity index (χ0n) is 3.63. The number of halogens is 3. The van der Waals surface area contributed by atoms with Crippen molar-refractivity contribution >= 4 is 47.8 Å². The first-order chi connectivity index (χ1) is 3.31. The van der Waals surface area contributed by atoms with Crippen LogP contribution in [0.25, 0.3) is 0 Å². The lowest BCUT2D eigenvalue weighted by atomic mass is 10.5. The van der Waals surface area contributed by atoms with Crippen molar-refractivity contribution in [3.05, 3.63) is 9.47 Å². The van der Waals surface area contributed by atoms with Crippen molar-refractivity contribution in [3.63, 3.8) is 0 Å². The lowest BCUT2D eigenvalue weighted by Gasteiger charge is -1.86. The van der Waals surface area contributed by atoms with Gasteiger partial charge in [0.15, 0.2) is 0 Å². The Morgan fingerprint density at radius 3 is 2.29 bits per heavy atom. The maximum absolute atomic E-state index is 3.32. The van der Waals surface area contributed by atoms with Crippen LogP contribution in [0.2, 0.25) is 0 Å². The van der Waals surface area contributed by atoms with Crippen LogP contribution in [0, 0.1) is 0 Å². The van der Waals surface area contributed by atoms with E-state index in [1.807, 2.05) is 4.99 Å². The fourth-order valence-corrected chi connectivity index (χ4v) is 1.53. The fraction of sp³-hybridized carbons (Fsp3) is 0.500. The van der Waals surface area contributed by atoms with Gasteiger partial charge in [0.05, 0.1) is 0 Å². The smallest absolute Gasteiger partial charge is 0.00771 e. The van der Waals surface area contributed by atoms with E-state index in [1.54, 1.807) is 0 Å². The maximum Gasteiger partial charge on any atom is 0.00771 e. The molecule has 0 unspecified atom stereocenters. The highest BCUT2D eigenvalue weighted by Gasteiger charge is 1.84. The lowest BCUT2D eigenvalue weighted by Crippen LogP contribution is -1.68. The molecule has 0 fully saturated rings. The topological polar surface area (TPSA) is 0 Å². The molecule has 7 heavy (non-hydrogen) atoms. The van der Waals surface area contributed by atoms with Crippen LogP contribution in [0.4, 0.5) is 0 Å². The van der Waals surface area contributed by atoms with Crippen LogP contribution < -0.4 is 0 Å². The van der Waals surface area contributed by atoms with Gasteiger partial charge in [-0.3, -0.25) is 0 Å². The van der Waals surface area contributed by atoms with Crippen LogP contribution in [-0.4, -0.2) is 5.33 Å². The van der Waals surface area contributed by atoms with Gasteiger partial charge in [0.25, 0.3) is 0 Å². The molecular weight excluding hydrogens is 288 g/mol. The number of rotatable bonds is 2. The summed E-state index contributed by atoms with van der Waals surface area (Å²) in [5, 5.41) is 1.01. The molecular formula is C4H5Br3. The molecule has 0 aromatic rings. The summed E-state index contributed by atoms with van der Waals surface area (Å²) in [6.45, 7) is 0. The van der Waals surface area contributed by atoms with Gasteiger partial charge in [-0.25, -0.2) is 0 Å². The van der Waals surface area contributed by atoms with Crippen LogP contribution in [-0.2, 0) is 0 Å². The molecule has 0 bridgehead atoms. The summed E-state index contributed by atoms with van der Waals surface area (Å²) in [5.74, 6) is 0. The average molecular weight is 293 g/mol. The Hall–Kier alpha value is 1.18. The lowest BCUT2D eigenvalue weighted by molar-refractivity contribution is 1.25. The summed E-state index contributed by atoms with van der Waals surface area (Å²) in [4.78, 5) is 1.87. The molecule has 0 amide bonds. The molecule has 3 heteroatoms. The molecule has 0 aliphatic rings. The van der Waals surface area contributed by atoms with Gasteiger partial charge >= 0.3 is 0 Å². The second-order valence-electron chi connectivity index (χ2n) is 0.995. The monoisotopic (exact) mass is 290 g/mol. The molecule has 0 aliphatic carbocycles. The Morgan fingerprint density at radius 1 is 1.57 bits per heavy atom. The van der Waals surface area contributed by atoms with Gasteiger partial charge in [0, 0.05) is 9.81 Å². The molecule has 42 valence electrons. The van der Waals surface area contributed by atoms with E-state index in [0.29, 0.717) is 0 Å². The fourth-order valence-electron chi connectivity index (χ4n) is 0.145. The third kappa shape index (κ3) is 5.04. The molecule has 0 nitrogen and oxygen atoms in total. The second-order valence-corrected chi connectivity index (χ2v) is 3.26. The van der Waals surface area contributed by atoms with Crippen LogP contribution in [0.3, 0.4) is 0 Å². The summed E-state index contributed by atoms with van der Waals surface area (Å²) in [5.41, 5.74) is 0. The van der Waals surface area contributed by atoms with Crippen molar-refractivity contribution in [1.29, 1.82) is 0 Å². The minimum absolute atomic E-state index is 1.01. The Labute approximate surface area is 68.7 Å². The summed E-state index contributed by atoms with van der Waals surface area (Å²) in [7, 11) is 0. The van der Waals surface area contributed by atoms with E-state index >= 15 is 0 Å². The molecule has 0 aromatic heterocycles. The molecule has 0 aromatic carbocycles. The van der Waals surface area contributed by atoms with E-state index in [2.05, 4.69) is 47.8 Å². The van der Waals surface area contributed by atoms with Gasteiger partial charge in [-0.05, 0) is 11.4 Å². The predicted molar refractivity (Wildman–Crippen MR) is 44.3 cm³/mol. The van der Waals surface area contributed by atoms with E-state index in [9.17, 15) is 0 Å². The number of alkyl halides is 1. The molecule has 0 heterocycles. The van der Waals surface area contributed by atoms with Crippen LogP contribution in [0.15, 0.2) is 9.47 Å². The zero-order valence-corrected chi connectivity index (χ0v) is 8.38. The minimum Gasteiger partial charge on any atom is -0.0924 e. The van der Waals surface area contributed by atoms with Crippen molar-refractivity contribution in [3.8, 4) is 0 Å². The summed E-state index contributed by atoms with van der Waals surface area (Å²) >= 11 is 9.81. The Kier molecular flexibility index (Phi) is 6.22. The first kappa shape index (κ1) is 8.18. The number of allylic oxidation sites excluding steroid dienone is 1. The summed E-state index contributed by atoms with van der Waals surface area (Å²) < 4.78 is 1.18.